The lowest BCUT2D eigenvalue weighted by Gasteiger charge is -2.28. The van der Waals surface area contributed by atoms with Crippen molar-refractivity contribution in [1.82, 2.24) is 4.72 Å². The maximum Gasteiger partial charge on any atom is 0.0976 e. The van der Waals surface area contributed by atoms with Crippen LogP contribution in [0.5, 0.6) is 0 Å². The zero-order chi connectivity index (χ0) is 20.0. The largest absolute Gasteiger partial charge is 0.242 e. The van der Waals surface area contributed by atoms with Gasteiger partial charge in [-0.1, -0.05) is 91.0 Å². The van der Waals surface area contributed by atoms with Gasteiger partial charge >= 0.3 is 0 Å². The standard InChI is InChI=1S/C24H28NOPS/c1-24(2,3)28(26)25-23(20-13-7-4-8-14-20)19-27(21-15-9-5-10-16-21)22-17-11-6-12-18-22/h4-18,23,25H,19H2,1-3H3/t23-,28-/m1/s1. The predicted molar refractivity (Wildman–Crippen MR) is 124 cm³/mol. The summed E-state index contributed by atoms with van der Waals surface area (Å²) in [6.45, 7) is 6.03. The van der Waals surface area contributed by atoms with E-state index in [1.807, 2.05) is 26.8 Å². The average Bonchev–Trinajstić information content (AvgIpc) is 2.72. The van der Waals surface area contributed by atoms with Gasteiger partial charge in [0.05, 0.1) is 15.7 Å². The third kappa shape index (κ3) is 5.61. The summed E-state index contributed by atoms with van der Waals surface area (Å²) in [5, 5.41) is 2.68. The monoisotopic (exact) mass is 409 g/mol. The Morgan fingerprint density at radius 3 is 1.64 bits per heavy atom. The van der Waals surface area contributed by atoms with Gasteiger partial charge in [-0.15, -0.1) is 0 Å². The first-order valence-electron chi connectivity index (χ1n) is 9.56. The third-order valence-electron chi connectivity index (χ3n) is 4.51. The Bertz CT molecular complexity index is 839. The molecule has 146 valence electrons. The van der Waals surface area contributed by atoms with Gasteiger partial charge in [0, 0.05) is 6.04 Å². The molecule has 3 rings (SSSR count). The van der Waals surface area contributed by atoms with Crippen LogP contribution in [-0.4, -0.2) is 15.1 Å². The molecule has 0 unspecified atom stereocenters. The zero-order valence-electron chi connectivity index (χ0n) is 16.7. The molecule has 0 saturated heterocycles. The van der Waals surface area contributed by atoms with E-state index in [1.54, 1.807) is 0 Å². The van der Waals surface area contributed by atoms with Crippen molar-refractivity contribution < 1.29 is 4.21 Å². The lowest BCUT2D eigenvalue weighted by atomic mass is 10.1. The summed E-state index contributed by atoms with van der Waals surface area (Å²) in [4.78, 5) is 0. The van der Waals surface area contributed by atoms with E-state index in [1.165, 1.54) is 16.2 Å². The van der Waals surface area contributed by atoms with Gasteiger partial charge in [0.15, 0.2) is 0 Å². The first-order valence-corrected chi connectivity index (χ1v) is 12.2. The minimum atomic E-state index is -1.14. The van der Waals surface area contributed by atoms with Gasteiger partial charge in [-0.05, 0) is 51.0 Å². The van der Waals surface area contributed by atoms with Crippen molar-refractivity contribution in [3.8, 4) is 0 Å². The fourth-order valence-electron chi connectivity index (χ4n) is 2.96. The SMILES string of the molecule is CC(C)(C)[S@@](=O)N[C@H](CP(c1ccccc1)c1ccccc1)c1ccccc1. The molecule has 0 fully saturated rings. The topological polar surface area (TPSA) is 29.1 Å². The second-order valence-corrected chi connectivity index (χ2v) is 12.0. The van der Waals surface area contributed by atoms with E-state index in [-0.39, 0.29) is 10.8 Å². The molecule has 0 radical (unpaired) electrons. The highest BCUT2D eigenvalue weighted by atomic mass is 32.2. The van der Waals surface area contributed by atoms with Crippen LogP contribution in [0.4, 0.5) is 0 Å². The lowest BCUT2D eigenvalue weighted by Crippen LogP contribution is -2.37. The molecule has 0 saturated carbocycles. The van der Waals surface area contributed by atoms with Gasteiger partial charge < -0.3 is 0 Å². The Kier molecular flexibility index (Phi) is 7.18. The van der Waals surface area contributed by atoms with Crippen LogP contribution in [0.1, 0.15) is 32.4 Å². The van der Waals surface area contributed by atoms with Crippen molar-refractivity contribution in [3.05, 3.63) is 96.6 Å². The molecular formula is C24H28NOPS. The molecule has 0 amide bonds. The van der Waals surface area contributed by atoms with Crippen LogP contribution in [0.3, 0.4) is 0 Å². The van der Waals surface area contributed by atoms with Gasteiger partial charge in [0.1, 0.15) is 0 Å². The molecule has 0 bridgehead atoms. The molecule has 0 aromatic heterocycles. The Labute approximate surface area is 172 Å². The molecule has 2 atom stereocenters. The first kappa shape index (κ1) is 20.9. The Hall–Kier alpha value is -1.80. The second-order valence-electron chi connectivity index (χ2n) is 7.74. The maximum atomic E-state index is 12.9. The van der Waals surface area contributed by atoms with Crippen molar-refractivity contribution in [3.63, 3.8) is 0 Å². The molecule has 1 N–H and O–H groups in total. The van der Waals surface area contributed by atoms with E-state index in [4.69, 9.17) is 0 Å². The minimum Gasteiger partial charge on any atom is -0.242 e. The van der Waals surface area contributed by atoms with Crippen LogP contribution in [0.25, 0.3) is 0 Å². The number of hydrogen-bond donors (Lipinski definition) is 1. The molecule has 0 spiro atoms. The third-order valence-corrected chi connectivity index (χ3v) is 8.69. The van der Waals surface area contributed by atoms with Gasteiger partial charge in [0.25, 0.3) is 0 Å². The summed E-state index contributed by atoms with van der Waals surface area (Å²) in [6.07, 6.45) is 0.898. The van der Waals surface area contributed by atoms with E-state index in [2.05, 4.69) is 89.7 Å². The molecule has 4 heteroatoms. The minimum absolute atomic E-state index is 0.0211. The molecule has 0 heterocycles. The maximum absolute atomic E-state index is 12.9. The molecule has 2 nitrogen and oxygen atoms in total. The summed E-state index contributed by atoms with van der Waals surface area (Å²) in [5.41, 5.74) is 1.18. The van der Waals surface area contributed by atoms with Crippen molar-refractivity contribution >= 4 is 29.5 Å². The predicted octanol–water partition coefficient (Wildman–Crippen LogP) is 4.91. The van der Waals surface area contributed by atoms with Gasteiger partial charge in [-0.25, -0.2) is 8.93 Å². The molecule has 0 aliphatic carbocycles. The quantitative estimate of drug-likeness (QED) is 0.552. The Balaban J connectivity index is 1.97. The lowest BCUT2D eigenvalue weighted by molar-refractivity contribution is 0.618. The average molecular weight is 410 g/mol. The van der Waals surface area contributed by atoms with E-state index in [0.717, 1.165) is 6.16 Å². The zero-order valence-corrected chi connectivity index (χ0v) is 18.4. The summed E-state index contributed by atoms with van der Waals surface area (Å²) in [5.74, 6) is 0. The van der Waals surface area contributed by atoms with E-state index in [9.17, 15) is 4.21 Å². The Morgan fingerprint density at radius 2 is 1.21 bits per heavy atom. The molecular weight excluding hydrogens is 381 g/mol. The van der Waals surface area contributed by atoms with Crippen molar-refractivity contribution in [2.24, 2.45) is 0 Å². The summed E-state index contributed by atoms with van der Waals surface area (Å²) in [6, 6.07) is 31.8. The highest BCUT2D eigenvalue weighted by molar-refractivity contribution is 7.84. The van der Waals surface area contributed by atoms with Crippen LogP contribution >= 0.6 is 7.92 Å². The number of hydrogen-bond acceptors (Lipinski definition) is 1. The normalized spacial score (nSPS) is 14.0. The number of benzene rings is 3. The second kappa shape index (κ2) is 9.60. The van der Waals surface area contributed by atoms with Gasteiger partial charge in [-0.3, -0.25) is 0 Å². The summed E-state index contributed by atoms with van der Waals surface area (Å²) in [7, 11) is -1.71. The van der Waals surface area contributed by atoms with Crippen LogP contribution in [0.15, 0.2) is 91.0 Å². The van der Waals surface area contributed by atoms with Gasteiger partial charge in [0.2, 0.25) is 0 Å². The summed E-state index contributed by atoms with van der Waals surface area (Å²) >= 11 is 0. The number of nitrogens with one attached hydrogen (secondary N) is 1. The van der Waals surface area contributed by atoms with Crippen LogP contribution in [0.2, 0.25) is 0 Å². The highest BCUT2D eigenvalue weighted by Crippen LogP contribution is 2.38. The fourth-order valence-corrected chi connectivity index (χ4v) is 6.37. The van der Waals surface area contributed by atoms with E-state index in [0.29, 0.717) is 0 Å². The molecule has 0 aliphatic rings. The van der Waals surface area contributed by atoms with Crippen molar-refractivity contribution in [2.75, 3.05) is 6.16 Å². The molecule has 28 heavy (non-hydrogen) atoms. The van der Waals surface area contributed by atoms with E-state index < -0.39 is 18.9 Å². The first-order chi connectivity index (χ1) is 13.4. The van der Waals surface area contributed by atoms with Gasteiger partial charge in [-0.2, -0.15) is 0 Å². The Morgan fingerprint density at radius 1 is 0.786 bits per heavy atom. The summed E-state index contributed by atoms with van der Waals surface area (Å²) < 4.78 is 16.0. The molecule has 0 aliphatic heterocycles. The fraction of sp³-hybridized carbons (Fsp3) is 0.250. The molecule has 3 aromatic rings. The highest BCUT2D eigenvalue weighted by Gasteiger charge is 2.26. The van der Waals surface area contributed by atoms with Crippen LogP contribution < -0.4 is 15.3 Å². The van der Waals surface area contributed by atoms with E-state index >= 15 is 0 Å². The molecule has 3 aromatic carbocycles. The van der Waals surface area contributed by atoms with Crippen LogP contribution in [-0.2, 0) is 11.0 Å². The van der Waals surface area contributed by atoms with Crippen molar-refractivity contribution in [2.45, 2.75) is 31.6 Å². The van der Waals surface area contributed by atoms with Crippen LogP contribution in [0, 0.1) is 0 Å². The smallest absolute Gasteiger partial charge is 0.0976 e. The number of rotatable bonds is 7. The van der Waals surface area contributed by atoms with Crippen molar-refractivity contribution in [1.29, 1.82) is 0 Å².